The highest BCUT2D eigenvalue weighted by molar-refractivity contribution is 5.95. The van der Waals surface area contributed by atoms with Gasteiger partial charge in [0.05, 0.1) is 13.1 Å². The Balaban J connectivity index is 1.80. The molecule has 2 aliphatic heterocycles. The maximum Gasteiger partial charge on any atom is 0.253 e. The number of hydrogen-bond acceptors (Lipinski definition) is 3. The molecule has 0 N–H and O–H groups in total. The van der Waals surface area contributed by atoms with Crippen LogP contribution in [0.5, 0.6) is 0 Å². The van der Waals surface area contributed by atoms with Gasteiger partial charge in [-0.2, -0.15) is 0 Å². The number of nitrogens with zero attached hydrogens (tertiary/aromatic N) is 2. The first-order valence-electron chi connectivity index (χ1n) is 7.51. The number of amides is 2. The standard InChI is InChI=1S/C16H19FN2O3/c1-2-14(20)18-7-6-16(10-18)11-19(15(21)9-22-16)13-5-3-4-12(17)8-13/h3-5,8H,2,6-7,9-11H2,1H3. The van der Waals surface area contributed by atoms with Crippen molar-refractivity contribution in [1.29, 1.82) is 0 Å². The first kappa shape index (κ1) is 15.0. The highest BCUT2D eigenvalue weighted by Gasteiger charge is 2.46. The van der Waals surface area contributed by atoms with E-state index in [0.717, 1.165) is 0 Å². The summed E-state index contributed by atoms with van der Waals surface area (Å²) in [4.78, 5) is 27.3. The van der Waals surface area contributed by atoms with E-state index in [1.54, 1.807) is 21.9 Å². The number of likely N-dealkylation sites (tertiary alicyclic amines) is 1. The highest BCUT2D eigenvalue weighted by Crippen LogP contribution is 2.32. The zero-order chi connectivity index (χ0) is 15.7. The predicted molar refractivity (Wildman–Crippen MR) is 78.9 cm³/mol. The molecule has 2 saturated heterocycles. The Hall–Kier alpha value is -1.95. The fraction of sp³-hybridized carbons (Fsp3) is 0.500. The number of carbonyl (C=O) groups is 2. The summed E-state index contributed by atoms with van der Waals surface area (Å²) in [6.07, 6.45) is 1.15. The Morgan fingerprint density at radius 1 is 1.41 bits per heavy atom. The normalized spacial score (nSPS) is 25.1. The molecule has 3 rings (SSSR count). The van der Waals surface area contributed by atoms with Gasteiger partial charge in [-0.25, -0.2) is 4.39 Å². The lowest BCUT2D eigenvalue weighted by atomic mass is 10.00. The third-order valence-corrected chi connectivity index (χ3v) is 4.34. The van der Waals surface area contributed by atoms with Crippen molar-refractivity contribution < 1.29 is 18.7 Å². The van der Waals surface area contributed by atoms with E-state index < -0.39 is 5.60 Å². The van der Waals surface area contributed by atoms with Crippen molar-refractivity contribution in [3.63, 3.8) is 0 Å². The fourth-order valence-corrected chi connectivity index (χ4v) is 3.12. The van der Waals surface area contributed by atoms with E-state index in [4.69, 9.17) is 4.74 Å². The molecule has 5 nitrogen and oxygen atoms in total. The minimum absolute atomic E-state index is 0.0370. The third kappa shape index (κ3) is 2.70. The topological polar surface area (TPSA) is 49.9 Å². The molecule has 0 bridgehead atoms. The lowest BCUT2D eigenvalue weighted by Gasteiger charge is -2.40. The van der Waals surface area contributed by atoms with Gasteiger partial charge in [0.2, 0.25) is 5.91 Å². The van der Waals surface area contributed by atoms with Crippen LogP contribution in [0.15, 0.2) is 24.3 Å². The van der Waals surface area contributed by atoms with Crippen LogP contribution >= 0.6 is 0 Å². The van der Waals surface area contributed by atoms with Crippen molar-refractivity contribution in [1.82, 2.24) is 4.90 Å². The zero-order valence-corrected chi connectivity index (χ0v) is 12.5. The van der Waals surface area contributed by atoms with Gasteiger partial charge in [0.1, 0.15) is 18.0 Å². The molecule has 0 saturated carbocycles. The van der Waals surface area contributed by atoms with Crippen LogP contribution in [0.2, 0.25) is 0 Å². The molecule has 22 heavy (non-hydrogen) atoms. The predicted octanol–water partition coefficient (Wildman–Crippen LogP) is 1.57. The lowest BCUT2D eigenvalue weighted by Crippen LogP contribution is -2.56. The van der Waals surface area contributed by atoms with Gasteiger partial charge in [-0.1, -0.05) is 13.0 Å². The maximum absolute atomic E-state index is 13.4. The molecule has 118 valence electrons. The van der Waals surface area contributed by atoms with Gasteiger partial charge in [-0.05, 0) is 24.6 Å². The van der Waals surface area contributed by atoms with E-state index in [-0.39, 0.29) is 24.2 Å². The summed E-state index contributed by atoms with van der Waals surface area (Å²) < 4.78 is 19.2. The Morgan fingerprint density at radius 2 is 2.23 bits per heavy atom. The van der Waals surface area contributed by atoms with E-state index in [2.05, 4.69) is 0 Å². The Kier molecular flexibility index (Phi) is 3.87. The third-order valence-electron chi connectivity index (χ3n) is 4.34. The van der Waals surface area contributed by atoms with Gasteiger partial charge in [0.25, 0.3) is 5.91 Å². The van der Waals surface area contributed by atoms with E-state index in [9.17, 15) is 14.0 Å². The summed E-state index contributed by atoms with van der Waals surface area (Å²) >= 11 is 0. The average molecular weight is 306 g/mol. The number of hydrogen-bond donors (Lipinski definition) is 0. The van der Waals surface area contributed by atoms with E-state index in [1.807, 2.05) is 6.92 Å². The van der Waals surface area contributed by atoms with Crippen LogP contribution in [-0.4, -0.2) is 48.6 Å². The summed E-state index contributed by atoms with van der Waals surface area (Å²) in [7, 11) is 0. The van der Waals surface area contributed by atoms with Crippen molar-refractivity contribution in [3.8, 4) is 0 Å². The number of ether oxygens (including phenoxy) is 1. The molecular weight excluding hydrogens is 287 g/mol. The average Bonchev–Trinajstić information content (AvgIpc) is 2.93. The first-order chi connectivity index (χ1) is 10.5. The molecule has 2 aliphatic rings. The van der Waals surface area contributed by atoms with Gasteiger partial charge in [0, 0.05) is 18.7 Å². The van der Waals surface area contributed by atoms with Gasteiger partial charge in [0.15, 0.2) is 0 Å². The van der Waals surface area contributed by atoms with Crippen molar-refractivity contribution in [2.75, 3.05) is 31.1 Å². The number of halogens is 1. The number of morpholine rings is 1. The van der Waals surface area contributed by atoms with Crippen molar-refractivity contribution in [2.45, 2.75) is 25.4 Å². The smallest absolute Gasteiger partial charge is 0.253 e. The summed E-state index contributed by atoms with van der Waals surface area (Å²) in [6, 6.07) is 5.99. The summed E-state index contributed by atoms with van der Waals surface area (Å²) in [6.45, 7) is 3.27. The van der Waals surface area contributed by atoms with Crippen LogP contribution in [0, 0.1) is 5.82 Å². The Bertz CT molecular complexity index is 607. The number of rotatable bonds is 2. The van der Waals surface area contributed by atoms with Crippen molar-refractivity contribution in [3.05, 3.63) is 30.1 Å². The minimum atomic E-state index is -0.537. The summed E-state index contributed by atoms with van der Waals surface area (Å²) in [5.41, 5.74) is -0.00152. The summed E-state index contributed by atoms with van der Waals surface area (Å²) in [5, 5.41) is 0. The van der Waals surface area contributed by atoms with Gasteiger partial charge < -0.3 is 14.5 Å². The van der Waals surface area contributed by atoms with Crippen LogP contribution in [0.25, 0.3) is 0 Å². The quantitative estimate of drug-likeness (QED) is 0.833. The van der Waals surface area contributed by atoms with Crippen LogP contribution in [-0.2, 0) is 14.3 Å². The molecule has 2 heterocycles. The second kappa shape index (κ2) is 5.68. The van der Waals surface area contributed by atoms with Crippen LogP contribution < -0.4 is 4.90 Å². The Labute approximate surface area is 128 Å². The molecular formula is C16H19FN2O3. The lowest BCUT2D eigenvalue weighted by molar-refractivity contribution is -0.139. The van der Waals surface area contributed by atoms with Crippen molar-refractivity contribution >= 4 is 17.5 Å². The molecule has 1 unspecified atom stereocenters. The highest BCUT2D eigenvalue weighted by atomic mass is 19.1. The fourth-order valence-electron chi connectivity index (χ4n) is 3.12. The maximum atomic E-state index is 13.4. The Morgan fingerprint density at radius 3 is 2.95 bits per heavy atom. The molecule has 2 fully saturated rings. The monoisotopic (exact) mass is 306 g/mol. The number of benzene rings is 1. The van der Waals surface area contributed by atoms with E-state index in [0.29, 0.717) is 38.2 Å². The van der Waals surface area contributed by atoms with Gasteiger partial charge >= 0.3 is 0 Å². The number of carbonyl (C=O) groups excluding carboxylic acids is 2. The molecule has 1 aromatic rings. The van der Waals surface area contributed by atoms with Crippen LogP contribution in [0.1, 0.15) is 19.8 Å². The first-order valence-corrected chi connectivity index (χ1v) is 7.51. The minimum Gasteiger partial charge on any atom is -0.361 e. The second-order valence-corrected chi connectivity index (χ2v) is 5.85. The molecule has 6 heteroatoms. The summed E-state index contributed by atoms with van der Waals surface area (Å²) in [5.74, 6) is -0.466. The van der Waals surface area contributed by atoms with Gasteiger partial charge in [-0.15, -0.1) is 0 Å². The molecule has 1 spiro atoms. The zero-order valence-electron chi connectivity index (χ0n) is 12.5. The number of anilines is 1. The van der Waals surface area contributed by atoms with Crippen molar-refractivity contribution in [2.24, 2.45) is 0 Å². The molecule has 1 atom stereocenters. The molecule has 1 aromatic carbocycles. The molecule has 0 aliphatic carbocycles. The molecule has 0 aromatic heterocycles. The second-order valence-electron chi connectivity index (χ2n) is 5.85. The van der Waals surface area contributed by atoms with E-state index >= 15 is 0 Å². The SMILES string of the molecule is CCC(=O)N1CCC2(C1)CN(c1cccc(F)c1)C(=O)CO2. The van der Waals surface area contributed by atoms with Crippen LogP contribution in [0.3, 0.4) is 0 Å². The molecule has 2 amide bonds. The van der Waals surface area contributed by atoms with E-state index in [1.165, 1.54) is 12.1 Å². The molecule has 0 radical (unpaired) electrons. The largest absolute Gasteiger partial charge is 0.361 e. The van der Waals surface area contributed by atoms with Gasteiger partial charge in [-0.3, -0.25) is 9.59 Å². The van der Waals surface area contributed by atoms with Crippen LogP contribution in [0.4, 0.5) is 10.1 Å².